The summed E-state index contributed by atoms with van der Waals surface area (Å²) in [6.07, 6.45) is 6.86. The van der Waals surface area contributed by atoms with Gasteiger partial charge in [-0.1, -0.05) is 19.3 Å². The third-order valence-corrected chi connectivity index (χ3v) is 4.48. The fourth-order valence-electron chi connectivity index (χ4n) is 3.21. The van der Waals surface area contributed by atoms with Crippen LogP contribution in [0.1, 0.15) is 57.1 Å². The Labute approximate surface area is 133 Å². The highest BCUT2D eigenvalue weighted by atomic mass is 16.5. The van der Waals surface area contributed by atoms with Gasteiger partial charge in [-0.25, -0.2) is 0 Å². The van der Waals surface area contributed by atoms with E-state index in [4.69, 9.17) is 9.47 Å². The van der Waals surface area contributed by atoms with Crippen LogP contribution in [0.25, 0.3) is 0 Å². The van der Waals surface area contributed by atoms with E-state index in [2.05, 4.69) is 5.32 Å². The Morgan fingerprint density at radius 1 is 1.23 bits per heavy atom. The maximum Gasteiger partial charge on any atom is 0.220 e. The van der Waals surface area contributed by atoms with Crippen molar-refractivity contribution in [1.82, 2.24) is 5.32 Å². The number of amides is 1. The molecule has 1 unspecified atom stereocenters. The molecule has 1 aromatic rings. The Kier molecular flexibility index (Phi) is 6.10. The molecule has 1 saturated carbocycles. The molecule has 1 amide bonds. The summed E-state index contributed by atoms with van der Waals surface area (Å²) < 4.78 is 10.6. The summed E-state index contributed by atoms with van der Waals surface area (Å²) in [5.74, 6) is 2.18. The lowest BCUT2D eigenvalue weighted by molar-refractivity contribution is -0.122. The molecule has 1 aliphatic rings. The minimum atomic E-state index is -0.0723. The molecule has 0 bridgehead atoms. The standard InChI is InChI=1S/C18H27NO3/c1-13(16-10-9-15(21-2)12-17(16)22-3)19-18(20)11-14-7-5-4-6-8-14/h9-10,12-14H,4-8,11H2,1-3H3,(H,19,20). The van der Waals surface area contributed by atoms with Gasteiger partial charge in [-0.05, 0) is 37.8 Å². The Bertz CT molecular complexity index is 495. The van der Waals surface area contributed by atoms with E-state index in [-0.39, 0.29) is 11.9 Å². The summed E-state index contributed by atoms with van der Waals surface area (Å²) in [7, 11) is 3.26. The highest BCUT2D eigenvalue weighted by molar-refractivity contribution is 5.76. The third kappa shape index (κ3) is 4.39. The minimum absolute atomic E-state index is 0.0723. The maximum atomic E-state index is 12.2. The summed E-state index contributed by atoms with van der Waals surface area (Å²) in [5.41, 5.74) is 0.972. The molecule has 0 radical (unpaired) electrons. The summed E-state index contributed by atoms with van der Waals surface area (Å²) in [5, 5.41) is 3.10. The van der Waals surface area contributed by atoms with Crippen molar-refractivity contribution in [2.24, 2.45) is 5.92 Å². The zero-order valence-electron chi connectivity index (χ0n) is 13.9. The molecule has 22 heavy (non-hydrogen) atoms. The Morgan fingerprint density at radius 3 is 2.59 bits per heavy atom. The topological polar surface area (TPSA) is 47.6 Å². The van der Waals surface area contributed by atoms with Crippen LogP contribution in [-0.4, -0.2) is 20.1 Å². The first-order valence-corrected chi connectivity index (χ1v) is 8.15. The first kappa shape index (κ1) is 16.7. The van der Waals surface area contributed by atoms with Gasteiger partial charge in [0.25, 0.3) is 0 Å². The summed E-state index contributed by atoms with van der Waals surface area (Å²) in [6.45, 7) is 1.99. The van der Waals surface area contributed by atoms with Crippen molar-refractivity contribution < 1.29 is 14.3 Å². The number of benzene rings is 1. The second kappa shape index (κ2) is 8.06. The largest absolute Gasteiger partial charge is 0.497 e. The molecule has 4 nitrogen and oxygen atoms in total. The van der Waals surface area contributed by atoms with Gasteiger partial charge in [0.15, 0.2) is 0 Å². The fourth-order valence-corrected chi connectivity index (χ4v) is 3.21. The van der Waals surface area contributed by atoms with Crippen molar-refractivity contribution in [3.63, 3.8) is 0 Å². The van der Waals surface area contributed by atoms with Crippen LogP contribution < -0.4 is 14.8 Å². The molecule has 0 aliphatic heterocycles. The van der Waals surface area contributed by atoms with Crippen LogP contribution in [0, 0.1) is 5.92 Å². The molecule has 122 valence electrons. The molecular weight excluding hydrogens is 278 g/mol. The van der Waals surface area contributed by atoms with Gasteiger partial charge in [0, 0.05) is 18.1 Å². The average Bonchev–Trinajstić information content (AvgIpc) is 2.54. The molecule has 1 aliphatic carbocycles. The first-order valence-electron chi connectivity index (χ1n) is 8.15. The summed E-state index contributed by atoms with van der Waals surface area (Å²) >= 11 is 0. The van der Waals surface area contributed by atoms with Crippen LogP contribution in [0.3, 0.4) is 0 Å². The first-order chi connectivity index (χ1) is 10.6. The molecule has 0 heterocycles. The zero-order chi connectivity index (χ0) is 15.9. The quantitative estimate of drug-likeness (QED) is 0.868. The van der Waals surface area contributed by atoms with Gasteiger partial charge in [0.05, 0.1) is 20.3 Å². The van der Waals surface area contributed by atoms with Gasteiger partial charge in [0.2, 0.25) is 5.91 Å². The van der Waals surface area contributed by atoms with Crippen LogP contribution in [0.15, 0.2) is 18.2 Å². The second-order valence-corrected chi connectivity index (χ2v) is 6.11. The number of hydrogen-bond donors (Lipinski definition) is 1. The molecule has 0 spiro atoms. The second-order valence-electron chi connectivity index (χ2n) is 6.11. The molecule has 4 heteroatoms. The van der Waals surface area contributed by atoms with Crippen LogP contribution in [0.5, 0.6) is 11.5 Å². The molecule has 1 atom stereocenters. The van der Waals surface area contributed by atoms with Crippen molar-refractivity contribution >= 4 is 5.91 Å². The van der Waals surface area contributed by atoms with E-state index in [1.54, 1.807) is 14.2 Å². The van der Waals surface area contributed by atoms with E-state index >= 15 is 0 Å². The van der Waals surface area contributed by atoms with Crippen LogP contribution >= 0.6 is 0 Å². The SMILES string of the molecule is COc1ccc(C(C)NC(=O)CC2CCCCC2)c(OC)c1. The number of rotatable bonds is 6. The third-order valence-electron chi connectivity index (χ3n) is 4.48. The molecule has 0 saturated heterocycles. The van der Waals surface area contributed by atoms with Crippen molar-refractivity contribution in [2.45, 2.75) is 51.5 Å². The Balaban J connectivity index is 1.95. The highest BCUT2D eigenvalue weighted by Crippen LogP contribution is 2.30. The van der Waals surface area contributed by atoms with Gasteiger partial charge in [-0.15, -0.1) is 0 Å². The number of carbonyl (C=O) groups excluding carboxylic acids is 1. The van der Waals surface area contributed by atoms with Gasteiger partial charge in [-0.2, -0.15) is 0 Å². The van der Waals surface area contributed by atoms with E-state index in [9.17, 15) is 4.79 Å². The van der Waals surface area contributed by atoms with Crippen molar-refractivity contribution in [3.05, 3.63) is 23.8 Å². The number of methoxy groups -OCH3 is 2. The van der Waals surface area contributed by atoms with Crippen LogP contribution in [0.4, 0.5) is 0 Å². The van der Waals surface area contributed by atoms with Crippen LogP contribution in [-0.2, 0) is 4.79 Å². The van der Waals surface area contributed by atoms with Crippen molar-refractivity contribution in [2.75, 3.05) is 14.2 Å². The van der Waals surface area contributed by atoms with Gasteiger partial charge >= 0.3 is 0 Å². The molecule has 1 aromatic carbocycles. The van der Waals surface area contributed by atoms with E-state index in [1.165, 1.54) is 32.1 Å². The highest BCUT2D eigenvalue weighted by Gasteiger charge is 2.19. The van der Waals surface area contributed by atoms with Crippen LogP contribution in [0.2, 0.25) is 0 Å². The number of nitrogens with one attached hydrogen (secondary N) is 1. The number of carbonyl (C=O) groups is 1. The lowest BCUT2D eigenvalue weighted by atomic mass is 9.87. The lowest BCUT2D eigenvalue weighted by Gasteiger charge is -2.23. The van der Waals surface area contributed by atoms with Gasteiger partial charge < -0.3 is 14.8 Å². The molecule has 0 aromatic heterocycles. The Hall–Kier alpha value is -1.71. The zero-order valence-corrected chi connectivity index (χ0v) is 13.9. The van der Waals surface area contributed by atoms with E-state index in [0.717, 1.165) is 17.1 Å². The maximum absolute atomic E-state index is 12.2. The number of ether oxygens (including phenoxy) is 2. The van der Waals surface area contributed by atoms with Crippen molar-refractivity contribution in [1.29, 1.82) is 0 Å². The fraction of sp³-hybridized carbons (Fsp3) is 0.611. The number of hydrogen-bond acceptors (Lipinski definition) is 3. The van der Waals surface area contributed by atoms with Gasteiger partial charge in [-0.3, -0.25) is 4.79 Å². The molecule has 2 rings (SSSR count). The lowest BCUT2D eigenvalue weighted by Crippen LogP contribution is -2.29. The smallest absolute Gasteiger partial charge is 0.220 e. The molecule has 1 fully saturated rings. The van der Waals surface area contributed by atoms with Crippen molar-refractivity contribution in [3.8, 4) is 11.5 Å². The van der Waals surface area contributed by atoms with E-state index < -0.39 is 0 Å². The average molecular weight is 305 g/mol. The van der Waals surface area contributed by atoms with E-state index in [1.807, 2.05) is 25.1 Å². The molecule has 1 N–H and O–H groups in total. The van der Waals surface area contributed by atoms with E-state index in [0.29, 0.717) is 12.3 Å². The Morgan fingerprint density at radius 2 is 1.95 bits per heavy atom. The monoisotopic (exact) mass is 305 g/mol. The summed E-state index contributed by atoms with van der Waals surface area (Å²) in [4.78, 5) is 12.2. The minimum Gasteiger partial charge on any atom is -0.497 e. The predicted molar refractivity (Wildman–Crippen MR) is 87.3 cm³/mol. The normalized spacial score (nSPS) is 16.9. The predicted octanol–water partition coefficient (Wildman–Crippen LogP) is 3.85. The van der Waals surface area contributed by atoms with Gasteiger partial charge in [0.1, 0.15) is 11.5 Å². The molecular formula is C18H27NO3. The summed E-state index contributed by atoms with van der Waals surface area (Å²) in [6, 6.07) is 5.61.